The summed E-state index contributed by atoms with van der Waals surface area (Å²) in [4.78, 5) is 37.7. The van der Waals surface area contributed by atoms with Crippen LogP contribution in [0.4, 0.5) is 4.79 Å². The van der Waals surface area contributed by atoms with Crippen LogP contribution in [0, 0.1) is 0 Å². The highest BCUT2D eigenvalue weighted by atomic mass is 16.5. The van der Waals surface area contributed by atoms with Gasteiger partial charge in [-0.3, -0.25) is 9.98 Å². The Labute approximate surface area is 190 Å². The molecule has 184 valence electrons. The van der Waals surface area contributed by atoms with E-state index in [9.17, 15) is 14.7 Å². The minimum absolute atomic E-state index is 0.00729. The van der Waals surface area contributed by atoms with Gasteiger partial charge < -0.3 is 48.5 Å². The van der Waals surface area contributed by atoms with E-state index >= 15 is 0 Å². The number of nitrogens with zero attached hydrogens (tertiary/aromatic N) is 5. The average Bonchev–Trinajstić information content (AvgIpc) is 3.43. The molecule has 0 saturated carbocycles. The van der Waals surface area contributed by atoms with E-state index in [2.05, 4.69) is 25.4 Å². The van der Waals surface area contributed by atoms with Crippen molar-refractivity contribution >= 4 is 23.9 Å². The summed E-state index contributed by atoms with van der Waals surface area (Å²) in [6.07, 6.45) is 3.04. The number of hydrogen-bond acceptors (Lipinski definition) is 8. The van der Waals surface area contributed by atoms with E-state index in [1.807, 2.05) is 0 Å². The summed E-state index contributed by atoms with van der Waals surface area (Å²) in [5.74, 6) is -0.633. The highest BCUT2D eigenvalue weighted by Crippen LogP contribution is 2.23. The lowest BCUT2D eigenvalue weighted by Crippen LogP contribution is -2.47. The number of carbonyl (C=O) groups excluding carboxylic acids is 1. The van der Waals surface area contributed by atoms with Gasteiger partial charge in [-0.05, 0) is 38.5 Å². The SMILES string of the molecule is NC(N)=NCCC[C@H](NC(=O)N1CCC[C@@H]1C(=O)O)c1nc([C@@H](N)CCCN=C(N)N)no1. The summed E-state index contributed by atoms with van der Waals surface area (Å²) in [5.41, 5.74) is 27.4. The third-order valence-corrected chi connectivity index (χ3v) is 5.10. The predicted molar refractivity (Wildman–Crippen MR) is 120 cm³/mol. The van der Waals surface area contributed by atoms with Crippen molar-refractivity contribution in [2.45, 2.75) is 56.7 Å². The van der Waals surface area contributed by atoms with Crippen molar-refractivity contribution in [1.82, 2.24) is 20.4 Å². The van der Waals surface area contributed by atoms with Crippen LogP contribution in [0.25, 0.3) is 0 Å². The van der Waals surface area contributed by atoms with Gasteiger partial charge in [0.05, 0.1) is 6.04 Å². The van der Waals surface area contributed by atoms with Crippen LogP contribution in [0.1, 0.15) is 62.3 Å². The number of aliphatic imine (C=N–C) groups is 2. The highest BCUT2D eigenvalue weighted by Gasteiger charge is 2.35. The molecular formula is C18H33N11O4. The lowest BCUT2D eigenvalue weighted by Gasteiger charge is -2.24. The van der Waals surface area contributed by atoms with Crippen molar-refractivity contribution in [2.24, 2.45) is 38.7 Å². The summed E-state index contributed by atoms with van der Waals surface area (Å²) in [7, 11) is 0. The fourth-order valence-electron chi connectivity index (χ4n) is 3.45. The molecule has 1 aliphatic rings. The van der Waals surface area contributed by atoms with Crippen LogP contribution < -0.4 is 34.0 Å². The zero-order chi connectivity index (χ0) is 24.4. The number of likely N-dealkylation sites (tertiary alicyclic amines) is 1. The molecule has 2 heterocycles. The fourth-order valence-corrected chi connectivity index (χ4v) is 3.45. The number of rotatable bonds is 12. The van der Waals surface area contributed by atoms with E-state index in [-0.39, 0.29) is 23.6 Å². The monoisotopic (exact) mass is 467 g/mol. The molecule has 2 rings (SSSR count). The van der Waals surface area contributed by atoms with E-state index in [4.69, 9.17) is 33.2 Å². The number of carbonyl (C=O) groups is 2. The van der Waals surface area contributed by atoms with Gasteiger partial charge in [-0.1, -0.05) is 5.16 Å². The zero-order valence-corrected chi connectivity index (χ0v) is 18.4. The minimum Gasteiger partial charge on any atom is -0.480 e. The predicted octanol–water partition coefficient (Wildman–Crippen LogP) is -1.52. The van der Waals surface area contributed by atoms with Gasteiger partial charge in [0, 0.05) is 19.6 Å². The van der Waals surface area contributed by atoms with E-state index in [1.54, 1.807) is 0 Å². The summed E-state index contributed by atoms with van der Waals surface area (Å²) < 4.78 is 5.37. The standard InChI is InChI=1S/C18H33N11O4/c19-10(4-1-7-24-16(20)21)13-27-14(33-28-13)11(5-2-8-25-17(22)23)26-18(32)29-9-3-6-12(29)15(30)31/h10-12H,1-9,19H2,(H,26,32)(H,30,31)(H4,20,21,24)(H4,22,23,25)/t10-,11-,12+/m0/s1. The quantitative estimate of drug-likeness (QED) is 0.105. The molecule has 0 aromatic carbocycles. The maximum absolute atomic E-state index is 12.8. The van der Waals surface area contributed by atoms with Crippen LogP contribution in [0.15, 0.2) is 14.5 Å². The van der Waals surface area contributed by atoms with Crippen molar-refractivity contribution in [3.8, 4) is 0 Å². The van der Waals surface area contributed by atoms with Gasteiger partial charge in [-0.25, -0.2) is 9.59 Å². The Kier molecular flexibility index (Phi) is 9.65. The number of urea groups is 1. The molecule has 12 N–H and O–H groups in total. The first kappa shape index (κ1) is 25.6. The maximum atomic E-state index is 12.8. The average molecular weight is 468 g/mol. The third-order valence-electron chi connectivity index (χ3n) is 5.10. The molecule has 15 nitrogen and oxygen atoms in total. The third kappa shape index (κ3) is 8.10. The van der Waals surface area contributed by atoms with Gasteiger partial charge in [0.15, 0.2) is 17.7 Å². The second-order valence-electron chi connectivity index (χ2n) is 7.69. The lowest BCUT2D eigenvalue weighted by atomic mass is 10.1. The van der Waals surface area contributed by atoms with Crippen molar-refractivity contribution < 1.29 is 19.2 Å². The van der Waals surface area contributed by atoms with Gasteiger partial charge in [-0.2, -0.15) is 4.98 Å². The number of carboxylic acids is 1. The normalized spacial score (nSPS) is 17.2. The molecule has 0 bridgehead atoms. The number of nitrogens with one attached hydrogen (secondary N) is 1. The Bertz CT molecular complexity index is 848. The van der Waals surface area contributed by atoms with E-state index in [0.717, 1.165) is 0 Å². The minimum atomic E-state index is -1.04. The Balaban J connectivity index is 2.06. The van der Waals surface area contributed by atoms with Crippen LogP contribution >= 0.6 is 0 Å². The molecule has 1 aliphatic heterocycles. The molecule has 1 saturated heterocycles. The van der Waals surface area contributed by atoms with Gasteiger partial charge >= 0.3 is 12.0 Å². The first-order valence-corrected chi connectivity index (χ1v) is 10.7. The van der Waals surface area contributed by atoms with Crippen LogP contribution in [-0.4, -0.2) is 69.7 Å². The van der Waals surface area contributed by atoms with E-state index in [0.29, 0.717) is 58.2 Å². The first-order valence-electron chi connectivity index (χ1n) is 10.7. The van der Waals surface area contributed by atoms with Gasteiger partial charge in [0.2, 0.25) is 5.89 Å². The molecule has 0 unspecified atom stereocenters. The number of guanidine groups is 2. The van der Waals surface area contributed by atoms with E-state index < -0.39 is 30.1 Å². The van der Waals surface area contributed by atoms with E-state index in [1.165, 1.54) is 4.90 Å². The molecule has 1 aromatic heterocycles. The zero-order valence-electron chi connectivity index (χ0n) is 18.4. The molecule has 15 heteroatoms. The van der Waals surface area contributed by atoms with Crippen LogP contribution in [-0.2, 0) is 4.79 Å². The van der Waals surface area contributed by atoms with Gasteiger partial charge in [0.1, 0.15) is 12.1 Å². The highest BCUT2D eigenvalue weighted by molar-refractivity contribution is 5.83. The molecular weight excluding hydrogens is 434 g/mol. The maximum Gasteiger partial charge on any atom is 0.326 e. The Morgan fingerprint density at radius 2 is 1.79 bits per heavy atom. The molecule has 2 amide bonds. The van der Waals surface area contributed by atoms with Gasteiger partial charge in [-0.15, -0.1) is 0 Å². The smallest absolute Gasteiger partial charge is 0.326 e. The second kappa shape index (κ2) is 12.4. The molecule has 1 aromatic rings. The molecule has 1 fully saturated rings. The van der Waals surface area contributed by atoms with Crippen molar-refractivity contribution in [3.05, 3.63) is 11.7 Å². The van der Waals surface area contributed by atoms with Crippen LogP contribution in [0.2, 0.25) is 0 Å². The molecule has 33 heavy (non-hydrogen) atoms. The van der Waals surface area contributed by atoms with Crippen LogP contribution in [0.5, 0.6) is 0 Å². The molecule has 0 spiro atoms. The number of amides is 2. The summed E-state index contributed by atoms with van der Waals surface area (Å²) in [6, 6.07) is -2.57. The molecule has 0 aliphatic carbocycles. The number of aromatic nitrogens is 2. The largest absolute Gasteiger partial charge is 0.480 e. The Morgan fingerprint density at radius 1 is 1.15 bits per heavy atom. The first-order chi connectivity index (χ1) is 15.7. The molecule has 0 radical (unpaired) electrons. The summed E-state index contributed by atoms with van der Waals surface area (Å²) >= 11 is 0. The summed E-state index contributed by atoms with van der Waals surface area (Å²) in [6.45, 7) is 1.10. The number of aliphatic carboxylic acids is 1. The Morgan fingerprint density at radius 3 is 2.39 bits per heavy atom. The van der Waals surface area contributed by atoms with Gasteiger partial charge in [0.25, 0.3) is 0 Å². The fraction of sp³-hybridized carbons (Fsp3) is 0.667. The van der Waals surface area contributed by atoms with Crippen molar-refractivity contribution in [3.63, 3.8) is 0 Å². The second-order valence-corrected chi connectivity index (χ2v) is 7.69. The topological polar surface area (TPSA) is 263 Å². The number of hydrogen-bond donors (Lipinski definition) is 7. The van der Waals surface area contributed by atoms with Crippen LogP contribution in [0.3, 0.4) is 0 Å². The number of nitrogens with two attached hydrogens (primary N) is 5. The van der Waals surface area contributed by atoms with Crippen molar-refractivity contribution in [2.75, 3.05) is 19.6 Å². The van der Waals surface area contributed by atoms with Crippen molar-refractivity contribution in [1.29, 1.82) is 0 Å². The Hall–Kier alpha value is -3.62. The lowest BCUT2D eigenvalue weighted by molar-refractivity contribution is -0.141. The summed E-state index contributed by atoms with van der Waals surface area (Å²) in [5, 5.41) is 16.1. The number of carboxylic acid groups (broad SMARTS) is 1. The molecule has 3 atom stereocenters.